The average molecular weight is 537 g/mol. The zero-order valence-corrected chi connectivity index (χ0v) is 22.8. The standard InChI is InChI=1S/C30H37ClN4O3/c1-30(2,20-34-29(37)24-10-12-25(33)13-11-24)21-35(28(36)18-22-7-4-3-5-8-22)15-6-16-38-27-14-9-23(19-32)17-26(27)31/h3-5,7-14,17H,6,15-16,18-21,32-33H2,1-2H3,(H,34,37). The minimum absolute atomic E-state index is 0.0273. The summed E-state index contributed by atoms with van der Waals surface area (Å²) in [4.78, 5) is 27.8. The van der Waals surface area contributed by atoms with E-state index in [0.29, 0.717) is 67.7 Å². The van der Waals surface area contributed by atoms with E-state index in [1.165, 1.54) is 0 Å². The van der Waals surface area contributed by atoms with E-state index in [4.69, 9.17) is 27.8 Å². The Hall–Kier alpha value is -3.55. The molecule has 38 heavy (non-hydrogen) atoms. The summed E-state index contributed by atoms with van der Waals surface area (Å²) in [5.41, 5.74) is 14.1. The third-order valence-corrected chi connectivity index (χ3v) is 6.43. The number of rotatable bonds is 13. The van der Waals surface area contributed by atoms with Gasteiger partial charge in [0.2, 0.25) is 5.91 Å². The Morgan fingerprint density at radius 3 is 2.37 bits per heavy atom. The lowest BCUT2D eigenvalue weighted by Gasteiger charge is -2.33. The molecule has 0 heterocycles. The molecule has 3 rings (SSSR count). The SMILES string of the molecule is CC(C)(CNC(=O)c1ccc(N)cc1)CN(CCCOc1ccc(CN)cc1Cl)C(=O)Cc1ccccc1. The Morgan fingerprint density at radius 1 is 1.00 bits per heavy atom. The van der Waals surface area contributed by atoms with Crippen LogP contribution in [0.15, 0.2) is 72.8 Å². The zero-order chi connectivity index (χ0) is 27.5. The van der Waals surface area contributed by atoms with Crippen LogP contribution in [0, 0.1) is 5.41 Å². The molecular weight excluding hydrogens is 500 g/mol. The van der Waals surface area contributed by atoms with Crippen molar-refractivity contribution in [1.82, 2.24) is 10.2 Å². The van der Waals surface area contributed by atoms with Crippen LogP contribution in [0.2, 0.25) is 5.02 Å². The first-order valence-electron chi connectivity index (χ1n) is 12.7. The summed E-state index contributed by atoms with van der Waals surface area (Å²) in [6, 6.07) is 22.0. The molecule has 0 saturated carbocycles. The van der Waals surface area contributed by atoms with Gasteiger partial charge in [-0.15, -0.1) is 0 Å². The van der Waals surface area contributed by atoms with Crippen molar-refractivity contribution in [2.24, 2.45) is 11.1 Å². The van der Waals surface area contributed by atoms with Crippen LogP contribution in [0.4, 0.5) is 5.69 Å². The summed E-state index contributed by atoms with van der Waals surface area (Å²) in [7, 11) is 0. The number of nitrogen functional groups attached to an aromatic ring is 1. The smallest absolute Gasteiger partial charge is 0.251 e. The summed E-state index contributed by atoms with van der Waals surface area (Å²) < 4.78 is 5.87. The number of carbonyl (C=O) groups excluding carboxylic acids is 2. The highest BCUT2D eigenvalue weighted by molar-refractivity contribution is 6.32. The maximum Gasteiger partial charge on any atom is 0.251 e. The molecule has 0 aliphatic carbocycles. The quantitative estimate of drug-likeness (QED) is 0.217. The van der Waals surface area contributed by atoms with Gasteiger partial charge in [0.25, 0.3) is 5.91 Å². The first-order valence-corrected chi connectivity index (χ1v) is 13.1. The third kappa shape index (κ3) is 9.08. The lowest BCUT2D eigenvalue weighted by atomic mass is 9.92. The van der Waals surface area contributed by atoms with E-state index in [0.717, 1.165) is 11.1 Å². The minimum atomic E-state index is -0.363. The van der Waals surface area contributed by atoms with E-state index in [-0.39, 0.29) is 17.2 Å². The van der Waals surface area contributed by atoms with E-state index in [2.05, 4.69) is 5.32 Å². The van der Waals surface area contributed by atoms with Gasteiger partial charge in [-0.25, -0.2) is 0 Å². The Labute approximate surface area is 230 Å². The molecule has 0 radical (unpaired) electrons. The summed E-state index contributed by atoms with van der Waals surface area (Å²) in [5, 5.41) is 3.51. The van der Waals surface area contributed by atoms with Crippen LogP contribution in [0.25, 0.3) is 0 Å². The molecule has 3 aromatic carbocycles. The van der Waals surface area contributed by atoms with Crippen LogP contribution in [0.1, 0.15) is 41.8 Å². The number of hydrogen-bond donors (Lipinski definition) is 3. The van der Waals surface area contributed by atoms with Crippen LogP contribution in [-0.4, -0.2) is 43.0 Å². The van der Waals surface area contributed by atoms with Gasteiger partial charge in [0.1, 0.15) is 5.75 Å². The Morgan fingerprint density at radius 2 is 1.71 bits per heavy atom. The van der Waals surface area contributed by atoms with Crippen molar-refractivity contribution >= 4 is 29.1 Å². The van der Waals surface area contributed by atoms with Crippen molar-refractivity contribution in [2.45, 2.75) is 33.2 Å². The van der Waals surface area contributed by atoms with Crippen LogP contribution in [-0.2, 0) is 17.8 Å². The number of halogens is 1. The number of anilines is 1. The highest BCUT2D eigenvalue weighted by Crippen LogP contribution is 2.25. The highest BCUT2D eigenvalue weighted by atomic mass is 35.5. The molecule has 7 nitrogen and oxygen atoms in total. The third-order valence-electron chi connectivity index (χ3n) is 6.13. The fraction of sp³-hybridized carbons (Fsp3) is 0.333. The van der Waals surface area contributed by atoms with Crippen LogP contribution in [0.5, 0.6) is 5.75 Å². The van der Waals surface area contributed by atoms with Gasteiger partial charge in [-0.1, -0.05) is 61.8 Å². The molecule has 0 atom stereocenters. The van der Waals surface area contributed by atoms with Crippen LogP contribution in [0.3, 0.4) is 0 Å². The predicted molar refractivity (Wildman–Crippen MR) is 153 cm³/mol. The highest BCUT2D eigenvalue weighted by Gasteiger charge is 2.26. The minimum Gasteiger partial charge on any atom is -0.492 e. The van der Waals surface area contributed by atoms with E-state index in [1.54, 1.807) is 30.3 Å². The van der Waals surface area contributed by atoms with Crippen LogP contribution >= 0.6 is 11.6 Å². The zero-order valence-electron chi connectivity index (χ0n) is 22.1. The summed E-state index contributed by atoms with van der Waals surface area (Å²) in [6.07, 6.45) is 0.936. The lowest BCUT2D eigenvalue weighted by molar-refractivity contribution is -0.132. The molecule has 3 aromatic rings. The second-order valence-electron chi connectivity index (χ2n) is 10.1. The number of ether oxygens (including phenoxy) is 1. The Bertz CT molecular complexity index is 1200. The number of amides is 2. The maximum absolute atomic E-state index is 13.3. The molecule has 0 bridgehead atoms. The molecule has 0 saturated heterocycles. The monoisotopic (exact) mass is 536 g/mol. The number of benzene rings is 3. The second kappa shape index (κ2) is 13.8. The maximum atomic E-state index is 13.3. The normalized spacial score (nSPS) is 11.2. The number of nitrogens with two attached hydrogens (primary N) is 2. The average Bonchev–Trinajstić information content (AvgIpc) is 2.90. The molecule has 5 N–H and O–H groups in total. The molecule has 0 aliphatic rings. The Kier molecular flexibility index (Phi) is 10.6. The molecular formula is C30H37ClN4O3. The lowest BCUT2D eigenvalue weighted by Crippen LogP contribution is -2.45. The van der Waals surface area contributed by atoms with Crippen molar-refractivity contribution < 1.29 is 14.3 Å². The summed E-state index contributed by atoms with van der Waals surface area (Å²) in [5.74, 6) is 0.447. The largest absolute Gasteiger partial charge is 0.492 e. The fourth-order valence-electron chi connectivity index (χ4n) is 4.03. The van der Waals surface area contributed by atoms with Gasteiger partial charge in [-0.05, 0) is 59.4 Å². The number of carbonyl (C=O) groups is 2. The first kappa shape index (κ1) is 29.0. The van der Waals surface area contributed by atoms with Crippen LogP contribution < -0.4 is 21.5 Å². The van der Waals surface area contributed by atoms with Crippen molar-refractivity contribution in [3.63, 3.8) is 0 Å². The fourth-order valence-corrected chi connectivity index (χ4v) is 4.29. The van der Waals surface area contributed by atoms with Crippen molar-refractivity contribution in [3.8, 4) is 5.75 Å². The molecule has 202 valence electrons. The van der Waals surface area contributed by atoms with E-state index < -0.39 is 0 Å². The van der Waals surface area contributed by atoms with Gasteiger partial charge in [0, 0.05) is 37.4 Å². The van der Waals surface area contributed by atoms with Crippen molar-refractivity contribution in [3.05, 3.63) is 94.5 Å². The predicted octanol–water partition coefficient (Wildman–Crippen LogP) is 4.68. The van der Waals surface area contributed by atoms with Gasteiger partial charge in [0.05, 0.1) is 18.1 Å². The first-order chi connectivity index (χ1) is 18.2. The second-order valence-corrected chi connectivity index (χ2v) is 10.5. The Balaban J connectivity index is 1.60. The molecule has 2 amide bonds. The van der Waals surface area contributed by atoms with Gasteiger partial charge in [-0.3, -0.25) is 9.59 Å². The summed E-state index contributed by atoms with van der Waals surface area (Å²) >= 11 is 6.30. The summed E-state index contributed by atoms with van der Waals surface area (Å²) in [6.45, 7) is 6.29. The molecule has 0 spiro atoms. The van der Waals surface area contributed by atoms with E-state index >= 15 is 0 Å². The van der Waals surface area contributed by atoms with Gasteiger partial charge in [-0.2, -0.15) is 0 Å². The molecule has 0 unspecified atom stereocenters. The van der Waals surface area contributed by atoms with Crippen molar-refractivity contribution in [2.75, 3.05) is 32.0 Å². The number of nitrogens with zero attached hydrogens (tertiary/aromatic N) is 1. The van der Waals surface area contributed by atoms with E-state index in [9.17, 15) is 9.59 Å². The van der Waals surface area contributed by atoms with Crippen molar-refractivity contribution in [1.29, 1.82) is 0 Å². The van der Waals surface area contributed by atoms with E-state index in [1.807, 2.05) is 61.2 Å². The molecule has 0 aliphatic heterocycles. The van der Waals surface area contributed by atoms with Gasteiger partial charge >= 0.3 is 0 Å². The topological polar surface area (TPSA) is 111 Å². The van der Waals surface area contributed by atoms with Gasteiger partial charge in [0.15, 0.2) is 0 Å². The molecule has 8 heteroatoms. The molecule has 0 aromatic heterocycles. The molecule has 0 fully saturated rings. The number of hydrogen-bond acceptors (Lipinski definition) is 5. The van der Waals surface area contributed by atoms with Gasteiger partial charge < -0.3 is 26.4 Å². The number of nitrogens with one attached hydrogen (secondary N) is 1.